The van der Waals surface area contributed by atoms with Gasteiger partial charge in [0, 0.05) is 18.2 Å². The average molecular weight is 523 g/mol. The van der Waals surface area contributed by atoms with Crippen molar-refractivity contribution in [1.29, 1.82) is 0 Å². The lowest BCUT2D eigenvalue weighted by atomic mass is 9.70. The largest absolute Gasteiger partial charge is 0.497 e. The molecule has 2 N–H and O–H groups in total. The third-order valence-electron chi connectivity index (χ3n) is 7.51. The number of aromatic nitrogens is 1. The first-order valence-corrected chi connectivity index (χ1v) is 12.8. The molecule has 4 heterocycles. The van der Waals surface area contributed by atoms with Crippen molar-refractivity contribution in [2.45, 2.75) is 63.8 Å². The second kappa shape index (κ2) is 8.97. The highest BCUT2D eigenvalue weighted by atomic mass is 16.5. The summed E-state index contributed by atoms with van der Waals surface area (Å²) >= 11 is 0. The van der Waals surface area contributed by atoms with Crippen LogP contribution in [0.4, 0.5) is 5.82 Å². The number of ether oxygens (including phenoxy) is 2. The Morgan fingerprint density at radius 2 is 1.87 bits per heavy atom. The molecule has 3 aliphatic heterocycles. The van der Waals surface area contributed by atoms with Gasteiger partial charge in [0.05, 0.1) is 24.5 Å². The number of amides is 3. The fourth-order valence-electron chi connectivity index (χ4n) is 5.98. The van der Waals surface area contributed by atoms with Crippen molar-refractivity contribution in [2.24, 2.45) is 11.8 Å². The number of likely N-dealkylation sites (tertiary alicyclic amines) is 1. The van der Waals surface area contributed by atoms with Crippen molar-refractivity contribution >= 4 is 23.5 Å². The quantitative estimate of drug-likeness (QED) is 0.536. The van der Waals surface area contributed by atoms with E-state index >= 15 is 0 Å². The highest BCUT2D eigenvalue weighted by Crippen LogP contribution is 2.59. The number of aryl methyl sites for hydroxylation is 1. The number of benzene rings is 1. The maximum absolute atomic E-state index is 14.1. The van der Waals surface area contributed by atoms with Gasteiger partial charge in [0.2, 0.25) is 17.7 Å². The summed E-state index contributed by atoms with van der Waals surface area (Å²) in [6.45, 7) is 9.46. The van der Waals surface area contributed by atoms with Gasteiger partial charge < -0.3 is 29.5 Å². The number of carbonyl (C=O) groups excluding carboxylic acids is 3. The standard InChI is InChI=1S/C28H34N4O6/c1-16-15-19(31-37-16)29-23(33)20-21-25(35)32(14-11-17-7-9-18(36-6)10-8-17)22(24(34)30-26(2,3)4)28(21)13-12-27(20,5)38-28/h7-10,12-13,15,20-22H,11,14H2,1-6H3,(H,30,34)(H,29,31,33)/t20-,21-,22-,27+,28-/m0/s1. The molecule has 1 aromatic heterocycles. The van der Waals surface area contributed by atoms with Crippen LogP contribution in [-0.4, -0.2) is 64.2 Å². The fourth-order valence-corrected chi connectivity index (χ4v) is 5.98. The Morgan fingerprint density at radius 3 is 2.47 bits per heavy atom. The smallest absolute Gasteiger partial charge is 0.246 e. The lowest BCUT2D eigenvalue weighted by Gasteiger charge is -2.35. The van der Waals surface area contributed by atoms with Crippen LogP contribution in [0.3, 0.4) is 0 Å². The Hall–Kier alpha value is -3.66. The topological polar surface area (TPSA) is 123 Å². The molecule has 2 bridgehead atoms. The summed E-state index contributed by atoms with van der Waals surface area (Å²) in [7, 11) is 1.60. The zero-order valence-corrected chi connectivity index (χ0v) is 22.5. The molecular formula is C28H34N4O6. The van der Waals surface area contributed by atoms with Crippen LogP contribution < -0.4 is 15.4 Å². The van der Waals surface area contributed by atoms with Gasteiger partial charge in [0.15, 0.2) is 5.82 Å². The van der Waals surface area contributed by atoms with E-state index in [9.17, 15) is 14.4 Å². The summed E-state index contributed by atoms with van der Waals surface area (Å²) < 4.78 is 16.8. The number of rotatable bonds is 7. The van der Waals surface area contributed by atoms with E-state index in [0.717, 1.165) is 11.3 Å². The first-order valence-electron chi connectivity index (χ1n) is 12.8. The van der Waals surface area contributed by atoms with Gasteiger partial charge in [-0.15, -0.1) is 0 Å². The number of hydrogen-bond donors (Lipinski definition) is 2. The molecule has 2 fully saturated rings. The SMILES string of the molecule is COc1ccc(CCN2C(=O)[C@@H]3[C@@H](C(=O)Nc4cc(C)on4)[C@@]4(C)C=C[C@@]3(O4)[C@@H]2C(=O)NC(C)(C)C)cc1. The summed E-state index contributed by atoms with van der Waals surface area (Å²) in [5.41, 5.74) is -1.84. The van der Waals surface area contributed by atoms with E-state index in [1.165, 1.54) is 0 Å². The summed E-state index contributed by atoms with van der Waals surface area (Å²) in [6.07, 6.45) is 4.13. The molecule has 10 heteroatoms. The van der Waals surface area contributed by atoms with Crippen LogP contribution in [0.1, 0.15) is 39.0 Å². The third kappa shape index (κ3) is 4.26. The highest BCUT2D eigenvalue weighted by Gasteiger charge is 2.76. The minimum Gasteiger partial charge on any atom is -0.497 e. The predicted molar refractivity (Wildman–Crippen MR) is 138 cm³/mol. The highest BCUT2D eigenvalue weighted by molar-refractivity contribution is 6.03. The molecular weight excluding hydrogens is 488 g/mol. The maximum Gasteiger partial charge on any atom is 0.246 e. The average Bonchev–Trinajstić information content (AvgIpc) is 3.54. The number of methoxy groups -OCH3 is 1. The zero-order valence-electron chi connectivity index (χ0n) is 22.5. The number of nitrogens with zero attached hydrogens (tertiary/aromatic N) is 2. The summed E-state index contributed by atoms with van der Waals surface area (Å²) in [5.74, 6) is -1.17. The van der Waals surface area contributed by atoms with Crippen LogP contribution in [0.5, 0.6) is 5.75 Å². The van der Waals surface area contributed by atoms with Crippen LogP contribution in [0.2, 0.25) is 0 Å². The number of hydrogen-bond acceptors (Lipinski definition) is 7. The molecule has 5 rings (SSSR count). The van der Waals surface area contributed by atoms with Gasteiger partial charge in [0.1, 0.15) is 23.2 Å². The Kier molecular flexibility index (Phi) is 6.13. The number of anilines is 1. The van der Waals surface area contributed by atoms with Crippen molar-refractivity contribution in [3.8, 4) is 5.75 Å². The van der Waals surface area contributed by atoms with E-state index in [1.54, 1.807) is 44.1 Å². The van der Waals surface area contributed by atoms with E-state index in [0.29, 0.717) is 12.2 Å². The second-order valence-electron chi connectivity index (χ2n) is 11.5. The van der Waals surface area contributed by atoms with Gasteiger partial charge in [-0.2, -0.15) is 0 Å². The molecule has 0 radical (unpaired) electrons. The molecule has 1 spiro atoms. The molecule has 0 unspecified atom stereocenters. The lowest BCUT2D eigenvalue weighted by molar-refractivity contribution is -0.144. The van der Waals surface area contributed by atoms with Crippen LogP contribution in [-0.2, 0) is 25.5 Å². The van der Waals surface area contributed by atoms with E-state index in [-0.39, 0.29) is 24.2 Å². The lowest BCUT2D eigenvalue weighted by Crippen LogP contribution is -2.58. The van der Waals surface area contributed by atoms with Crippen molar-refractivity contribution in [1.82, 2.24) is 15.4 Å². The van der Waals surface area contributed by atoms with Gasteiger partial charge in [-0.3, -0.25) is 14.4 Å². The molecule has 202 valence electrons. The van der Waals surface area contributed by atoms with Crippen LogP contribution >= 0.6 is 0 Å². The fraction of sp³-hybridized carbons (Fsp3) is 0.500. The molecule has 1 aromatic carbocycles. The normalized spacial score (nSPS) is 29.5. The van der Waals surface area contributed by atoms with Crippen LogP contribution in [0, 0.1) is 18.8 Å². The first-order chi connectivity index (χ1) is 17.9. The van der Waals surface area contributed by atoms with Crippen molar-refractivity contribution < 1.29 is 28.4 Å². The van der Waals surface area contributed by atoms with Gasteiger partial charge in [-0.1, -0.05) is 29.4 Å². The van der Waals surface area contributed by atoms with E-state index in [2.05, 4.69) is 15.8 Å². The monoisotopic (exact) mass is 522 g/mol. The number of fused-ring (bicyclic) bond motifs is 1. The van der Waals surface area contributed by atoms with Crippen molar-refractivity contribution in [3.05, 3.63) is 53.8 Å². The molecule has 5 atom stereocenters. The number of carbonyl (C=O) groups is 3. The minimum atomic E-state index is -1.26. The Labute approximate surface area is 221 Å². The molecule has 2 aromatic rings. The molecule has 3 amide bonds. The van der Waals surface area contributed by atoms with E-state index in [4.69, 9.17) is 14.0 Å². The minimum absolute atomic E-state index is 0.265. The van der Waals surface area contributed by atoms with Crippen molar-refractivity contribution in [2.75, 3.05) is 19.0 Å². The van der Waals surface area contributed by atoms with Gasteiger partial charge in [0.25, 0.3) is 0 Å². The van der Waals surface area contributed by atoms with E-state index in [1.807, 2.05) is 45.0 Å². The zero-order chi connectivity index (χ0) is 27.5. The van der Waals surface area contributed by atoms with Crippen LogP contribution in [0.15, 0.2) is 47.0 Å². The molecule has 2 saturated heterocycles. The number of nitrogens with one attached hydrogen (secondary N) is 2. The molecule has 0 aliphatic carbocycles. The van der Waals surface area contributed by atoms with E-state index < -0.39 is 40.5 Å². The van der Waals surface area contributed by atoms with Gasteiger partial charge in [-0.05, 0) is 58.7 Å². The Balaban J connectivity index is 1.48. The van der Waals surface area contributed by atoms with Crippen LogP contribution in [0.25, 0.3) is 0 Å². The summed E-state index contributed by atoms with van der Waals surface area (Å²) in [5, 5.41) is 9.65. The molecule has 38 heavy (non-hydrogen) atoms. The third-order valence-corrected chi connectivity index (χ3v) is 7.51. The first kappa shape index (κ1) is 26.0. The second-order valence-corrected chi connectivity index (χ2v) is 11.5. The Bertz CT molecular complexity index is 1300. The summed E-state index contributed by atoms with van der Waals surface area (Å²) in [4.78, 5) is 43.0. The molecule has 0 saturated carbocycles. The van der Waals surface area contributed by atoms with Gasteiger partial charge >= 0.3 is 0 Å². The van der Waals surface area contributed by atoms with Gasteiger partial charge in [-0.25, -0.2) is 0 Å². The maximum atomic E-state index is 14.1. The Morgan fingerprint density at radius 1 is 1.16 bits per heavy atom. The molecule has 10 nitrogen and oxygen atoms in total. The predicted octanol–water partition coefficient (Wildman–Crippen LogP) is 2.63. The van der Waals surface area contributed by atoms with Crippen molar-refractivity contribution in [3.63, 3.8) is 0 Å². The molecule has 3 aliphatic rings. The summed E-state index contributed by atoms with van der Waals surface area (Å²) in [6, 6.07) is 8.26.